The number of para-hydroxylation sites is 2. The molecule has 0 aliphatic carbocycles. The molecule has 1 aromatic heterocycles. The molecule has 1 heterocycles. The minimum Gasteiger partial charge on any atom is -0.374 e. The molecule has 2 aromatic rings. The Kier molecular flexibility index (Phi) is 6.57. The van der Waals surface area contributed by atoms with Gasteiger partial charge < -0.3 is 17.8 Å². The molecule has 0 aliphatic heterocycles. The van der Waals surface area contributed by atoms with E-state index in [1.165, 1.54) is 5.52 Å². The fourth-order valence-electron chi connectivity index (χ4n) is 2.66. The van der Waals surface area contributed by atoms with Crippen molar-refractivity contribution >= 4 is 19.8 Å². The number of imidazole rings is 1. The lowest BCUT2D eigenvalue weighted by Crippen LogP contribution is -2.46. The van der Waals surface area contributed by atoms with Gasteiger partial charge in [-0.05, 0) is 39.3 Å². The molecule has 6 heteroatoms. The van der Waals surface area contributed by atoms with Crippen LogP contribution in [0.2, 0.25) is 6.04 Å². The van der Waals surface area contributed by atoms with Crippen LogP contribution >= 0.6 is 0 Å². The molecule has 0 aliphatic rings. The van der Waals surface area contributed by atoms with Crippen molar-refractivity contribution < 1.29 is 13.3 Å². The van der Waals surface area contributed by atoms with Crippen LogP contribution in [0.4, 0.5) is 0 Å². The minimum atomic E-state index is -2.53. The zero-order valence-corrected chi connectivity index (χ0v) is 14.7. The van der Waals surface area contributed by atoms with Crippen molar-refractivity contribution in [3.8, 4) is 0 Å². The molecule has 1 aromatic carbocycles. The van der Waals surface area contributed by atoms with E-state index in [1.54, 1.807) is 0 Å². The predicted octanol–water partition coefficient (Wildman–Crippen LogP) is 3.47. The summed E-state index contributed by atoms with van der Waals surface area (Å²) in [5, 5.41) is 0. The maximum absolute atomic E-state index is 5.89. The SMILES string of the molecule is CCO[Si](CCCn1cnc2ccccc21)(OCC)OCC. The van der Waals surface area contributed by atoms with Gasteiger partial charge in [-0.25, -0.2) is 4.98 Å². The highest BCUT2D eigenvalue weighted by Gasteiger charge is 2.39. The Bertz CT molecular complexity index is 556. The Hall–Kier alpha value is -1.21. The summed E-state index contributed by atoms with van der Waals surface area (Å²) in [6, 6.07) is 9.01. The van der Waals surface area contributed by atoms with Crippen LogP contribution in [0.1, 0.15) is 27.2 Å². The topological polar surface area (TPSA) is 45.5 Å². The fraction of sp³-hybridized carbons (Fsp3) is 0.562. The molecular weight excluding hydrogens is 296 g/mol. The summed E-state index contributed by atoms with van der Waals surface area (Å²) < 4.78 is 19.8. The molecule has 2 rings (SSSR count). The van der Waals surface area contributed by atoms with Crippen molar-refractivity contribution in [3.63, 3.8) is 0 Å². The average molecular weight is 322 g/mol. The van der Waals surface area contributed by atoms with E-state index in [0.29, 0.717) is 19.8 Å². The smallest absolute Gasteiger partial charge is 0.374 e. The first-order valence-corrected chi connectivity index (χ1v) is 9.99. The van der Waals surface area contributed by atoms with Crippen LogP contribution in [0.5, 0.6) is 0 Å². The van der Waals surface area contributed by atoms with Gasteiger partial charge in [0.2, 0.25) is 0 Å². The van der Waals surface area contributed by atoms with Crippen LogP contribution in [0, 0.1) is 0 Å². The molecule has 0 fully saturated rings. The molecule has 0 saturated heterocycles. The molecule has 0 N–H and O–H groups in total. The number of aryl methyl sites for hydroxylation is 1. The van der Waals surface area contributed by atoms with Gasteiger partial charge in [0.05, 0.1) is 17.4 Å². The number of fused-ring (bicyclic) bond motifs is 1. The molecule has 5 nitrogen and oxygen atoms in total. The van der Waals surface area contributed by atoms with E-state index in [2.05, 4.69) is 15.6 Å². The summed E-state index contributed by atoms with van der Waals surface area (Å²) in [6.07, 6.45) is 2.85. The molecule has 0 spiro atoms. The van der Waals surface area contributed by atoms with Crippen LogP contribution in [0.15, 0.2) is 30.6 Å². The van der Waals surface area contributed by atoms with Crippen LogP contribution < -0.4 is 0 Å². The second-order valence-electron chi connectivity index (χ2n) is 5.01. The summed E-state index contributed by atoms with van der Waals surface area (Å²) >= 11 is 0. The molecule has 0 radical (unpaired) electrons. The highest BCUT2D eigenvalue weighted by atomic mass is 28.4. The van der Waals surface area contributed by atoms with Gasteiger partial charge in [0.15, 0.2) is 0 Å². The normalized spacial score (nSPS) is 12.1. The van der Waals surface area contributed by atoms with Gasteiger partial charge in [0.25, 0.3) is 0 Å². The first kappa shape index (κ1) is 17.1. The number of aromatic nitrogens is 2. The number of nitrogens with zero attached hydrogens (tertiary/aromatic N) is 2. The van der Waals surface area contributed by atoms with Crippen LogP contribution in [0.25, 0.3) is 11.0 Å². The zero-order valence-electron chi connectivity index (χ0n) is 13.7. The third kappa shape index (κ3) is 4.16. The molecular formula is C16H26N2O3Si. The Morgan fingerprint density at radius 3 is 2.27 bits per heavy atom. The van der Waals surface area contributed by atoms with Crippen molar-refractivity contribution in [2.75, 3.05) is 19.8 Å². The largest absolute Gasteiger partial charge is 0.500 e. The van der Waals surface area contributed by atoms with Gasteiger partial charge in [-0.1, -0.05) is 12.1 Å². The number of benzene rings is 1. The van der Waals surface area contributed by atoms with Crippen molar-refractivity contribution in [2.24, 2.45) is 0 Å². The molecule has 122 valence electrons. The lowest BCUT2D eigenvalue weighted by molar-refractivity contribution is 0.0705. The summed E-state index contributed by atoms with van der Waals surface area (Å²) in [5.41, 5.74) is 2.20. The molecule has 22 heavy (non-hydrogen) atoms. The van der Waals surface area contributed by atoms with E-state index >= 15 is 0 Å². The zero-order chi connectivity index (χ0) is 15.8. The Morgan fingerprint density at radius 2 is 1.64 bits per heavy atom. The van der Waals surface area contributed by atoms with E-state index in [1.807, 2.05) is 45.3 Å². The van der Waals surface area contributed by atoms with Crippen molar-refractivity contribution in [2.45, 2.75) is 39.8 Å². The quantitative estimate of drug-likeness (QED) is 0.628. The first-order chi connectivity index (χ1) is 10.7. The lowest BCUT2D eigenvalue weighted by atomic mass is 10.3. The maximum atomic E-state index is 5.89. The second-order valence-corrected chi connectivity index (χ2v) is 7.74. The standard InChI is InChI=1S/C16H26N2O3Si/c1-4-19-22(20-5-2,21-6-3)13-9-12-18-14-17-15-10-7-8-11-16(15)18/h7-8,10-11,14H,4-6,9,12-13H2,1-3H3. The van der Waals surface area contributed by atoms with Crippen LogP contribution in [-0.2, 0) is 19.8 Å². The van der Waals surface area contributed by atoms with Gasteiger partial charge in [-0.2, -0.15) is 0 Å². The summed E-state index contributed by atoms with van der Waals surface area (Å²) in [6.45, 7) is 8.73. The molecule has 0 saturated carbocycles. The Labute approximate surface area is 133 Å². The third-order valence-corrected chi connectivity index (χ3v) is 6.65. The number of hydrogen-bond donors (Lipinski definition) is 0. The molecule has 0 bridgehead atoms. The van der Waals surface area contributed by atoms with Crippen molar-refractivity contribution in [3.05, 3.63) is 30.6 Å². The third-order valence-electron chi connectivity index (χ3n) is 3.50. The summed E-state index contributed by atoms with van der Waals surface area (Å²) in [7, 11) is -2.53. The van der Waals surface area contributed by atoms with E-state index in [-0.39, 0.29) is 0 Å². The second kappa shape index (κ2) is 8.43. The molecule has 0 amide bonds. The molecule has 0 unspecified atom stereocenters. The highest BCUT2D eigenvalue weighted by molar-refractivity contribution is 6.60. The van der Waals surface area contributed by atoms with E-state index in [9.17, 15) is 0 Å². The van der Waals surface area contributed by atoms with E-state index < -0.39 is 8.80 Å². The van der Waals surface area contributed by atoms with Gasteiger partial charge in [0, 0.05) is 32.4 Å². The van der Waals surface area contributed by atoms with Gasteiger partial charge in [0.1, 0.15) is 0 Å². The van der Waals surface area contributed by atoms with Crippen LogP contribution in [-0.4, -0.2) is 38.2 Å². The monoisotopic (exact) mass is 322 g/mol. The Balaban J connectivity index is 1.99. The van der Waals surface area contributed by atoms with E-state index in [0.717, 1.165) is 24.5 Å². The Morgan fingerprint density at radius 1 is 1.00 bits per heavy atom. The minimum absolute atomic E-state index is 0.625. The first-order valence-electron chi connectivity index (χ1n) is 8.06. The van der Waals surface area contributed by atoms with Gasteiger partial charge >= 0.3 is 8.80 Å². The predicted molar refractivity (Wildman–Crippen MR) is 89.8 cm³/mol. The maximum Gasteiger partial charge on any atom is 0.500 e. The fourth-order valence-corrected chi connectivity index (χ4v) is 5.25. The highest BCUT2D eigenvalue weighted by Crippen LogP contribution is 2.20. The van der Waals surface area contributed by atoms with Gasteiger partial charge in [-0.15, -0.1) is 0 Å². The van der Waals surface area contributed by atoms with Gasteiger partial charge in [-0.3, -0.25) is 0 Å². The van der Waals surface area contributed by atoms with Crippen molar-refractivity contribution in [1.82, 2.24) is 9.55 Å². The van der Waals surface area contributed by atoms with Crippen molar-refractivity contribution in [1.29, 1.82) is 0 Å². The lowest BCUT2D eigenvalue weighted by Gasteiger charge is -2.28. The van der Waals surface area contributed by atoms with E-state index in [4.69, 9.17) is 13.3 Å². The summed E-state index contributed by atoms with van der Waals surface area (Å²) in [4.78, 5) is 4.42. The number of rotatable bonds is 10. The number of hydrogen-bond acceptors (Lipinski definition) is 4. The van der Waals surface area contributed by atoms with Crippen LogP contribution in [0.3, 0.4) is 0 Å². The average Bonchev–Trinajstić information content (AvgIpc) is 2.92. The summed E-state index contributed by atoms with van der Waals surface area (Å²) in [5.74, 6) is 0. The molecule has 0 atom stereocenters.